The van der Waals surface area contributed by atoms with Gasteiger partial charge >= 0.3 is 0 Å². The molecule has 1 heterocycles. The molecule has 0 aliphatic carbocycles. The Labute approximate surface area is 185 Å². The van der Waals surface area contributed by atoms with Gasteiger partial charge in [0.15, 0.2) is 0 Å². The first-order valence-electron chi connectivity index (χ1n) is 11.2. The minimum atomic E-state index is 0.0954. The fraction of sp³-hybridized carbons (Fsp3) is 0.296. The van der Waals surface area contributed by atoms with Crippen molar-refractivity contribution in [2.75, 3.05) is 39.3 Å². The van der Waals surface area contributed by atoms with E-state index < -0.39 is 0 Å². The van der Waals surface area contributed by atoms with Gasteiger partial charge in [-0.3, -0.25) is 14.6 Å². The molecule has 31 heavy (non-hydrogen) atoms. The van der Waals surface area contributed by atoms with Crippen molar-refractivity contribution >= 4 is 5.91 Å². The Balaban J connectivity index is 1.27. The Morgan fingerprint density at radius 2 is 1.26 bits per heavy atom. The van der Waals surface area contributed by atoms with Crippen LogP contribution in [0.5, 0.6) is 0 Å². The van der Waals surface area contributed by atoms with Gasteiger partial charge in [0.1, 0.15) is 0 Å². The summed E-state index contributed by atoms with van der Waals surface area (Å²) in [5, 5.41) is 3.07. The molecule has 0 atom stereocenters. The van der Waals surface area contributed by atoms with Crippen LogP contribution in [0.25, 0.3) is 0 Å². The fourth-order valence-corrected chi connectivity index (χ4v) is 4.33. The largest absolute Gasteiger partial charge is 0.355 e. The van der Waals surface area contributed by atoms with Gasteiger partial charge in [-0.15, -0.1) is 0 Å². The Bertz CT molecular complexity index is 883. The molecule has 0 unspecified atom stereocenters. The van der Waals surface area contributed by atoms with E-state index in [2.05, 4.69) is 75.8 Å². The van der Waals surface area contributed by atoms with Gasteiger partial charge in [-0.25, -0.2) is 0 Å². The van der Waals surface area contributed by atoms with E-state index in [1.165, 1.54) is 11.1 Å². The molecule has 0 bridgehead atoms. The zero-order valence-corrected chi connectivity index (χ0v) is 18.0. The van der Waals surface area contributed by atoms with E-state index in [0.29, 0.717) is 13.0 Å². The molecule has 0 spiro atoms. The van der Waals surface area contributed by atoms with E-state index in [9.17, 15) is 4.79 Å². The zero-order chi connectivity index (χ0) is 21.3. The maximum atomic E-state index is 12.2. The highest BCUT2D eigenvalue weighted by molar-refractivity contribution is 5.78. The molecule has 4 heteroatoms. The van der Waals surface area contributed by atoms with Crippen molar-refractivity contribution in [2.45, 2.75) is 12.5 Å². The molecular formula is C27H31N3O. The average molecular weight is 414 g/mol. The topological polar surface area (TPSA) is 35.6 Å². The summed E-state index contributed by atoms with van der Waals surface area (Å²) in [6.45, 7) is 5.68. The molecule has 4 rings (SSSR count). The number of nitrogens with one attached hydrogen (secondary N) is 1. The third-order valence-electron chi connectivity index (χ3n) is 5.96. The summed E-state index contributed by atoms with van der Waals surface area (Å²) in [7, 11) is 0. The van der Waals surface area contributed by atoms with Gasteiger partial charge in [0, 0.05) is 39.3 Å². The maximum Gasteiger partial charge on any atom is 0.224 e. The van der Waals surface area contributed by atoms with Crippen LogP contribution >= 0.6 is 0 Å². The Hall–Kier alpha value is -2.95. The number of amides is 1. The van der Waals surface area contributed by atoms with E-state index in [-0.39, 0.29) is 11.9 Å². The average Bonchev–Trinajstić information content (AvgIpc) is 2.82. The van der Waals surface area contributed by atoms with Gasteiger partial charge in [0.25, 0.3) is 0 Å². The molecule has 1 aliphatic rings. The zero-order valence-electron chi connectivity index (χ0n) is 18.0. The predicted molar refractivity (Wildman–Crippen MR) is 126 cm³/mol. The van der Waals surface area contributed by atoms with Gasteiger partial charge in [-0.1, -0.05) is 91.0 Å². The second-order valence-corrected chi connectivity index (χ2v) is 8.11. The monoisotopic (exact) mass is 413 g/mol. The van der Waals surface area contributed by atoms with Crippen LogP contribution < -0.4 is 5.32 Å². The number of hydrogen-bond donors (Lipinski definition) is 1. The SMILES string of the molecule is O=C(Cc1ccccc1)NCCN1CCN(C(c2ccccc2)c2ccccc2)CC1. The van der Waals surface area contributed by atoms with Crippen LogP contribution in [0.1, 0.15) is 22.7 Å². The summed E-state index contributed by atoms with van der Waals surface area (Å²) in [5.74, 6) is 0.0954. The summed E-state index contributed by atoms with van der Waals surface area (Å²) in [4.78, 5) is 17.2. The van der Waals surface area contributed by atoms with E-state index in [4.69, 9.17) is 0 Å². The predicted octanol–water partition coefficient (Wildman–Crippen LogP) is 3.75. The molecule has 0 radical (unpaired) electrons. The first-order chi connectivity index (χ1) is 15.3. The van der Waals surface area contributed by atoms with Crippen LogP contribution in [-0.4, -0.2) is 55.0 Å². The number of hydrogen-bond acceptors (Lipinski definition) is 3. The molecule has 1 saturated heterocycles. The van der Waals surface area contributed by atoms with Crippen LogP contribution in [0.4, 0.5) is 0 Å². The number of rotatable bonds is 8. The molecule has 1 fully saturated rings. The number of carbonyl (C=O) groups is 1. The van der Waals surface area contributed by atoms with Crippen LogP contribution in [0.2, 0.25) is 0 Å². The van der Waals surface area contributed by atoms with Crippen molar-refractivity contribution in [2.24, 2.45) is 0 Å². The second-order valence-electron chi connectivity index (χ2n) is 8.11. The lowest BCUT2D eigenvalue weighted by Crippen LogP contribution is -2.49. The quantitative estimate of drug-likeness (QED) is 0.611. The first kappa shape index (κ1) is 21.3. The lowest BCUT2D eigenvalue weighted by Gasteiger charge is -2.39. The summed E-state index contributed by atoms with van der Waals surface area (Å²) in [6.07, 6.45) is 0.449. The molecule has 3 aromatic rings. The van der Waals surface area contributed by atoms with E-state index in [1.807, 2.05) is 30.3 Å². The van der Waals surface area contributed by atoms with Crippen molar-refractivity contribution in [1.82, 2.24) is 15.1 Å². The van der Waals surface area contributed by atoms with E-state index in [1.54, 1.807) is 0 Å². The van der Waals surface area contributed by atoms with Crippen molar-refractivity contribution in [3.8, 4) is 0 Å². The van der Waals surface area contributed by atoms with Crippen molar-refractivity contribution in [3.05, 3.63) is 108 Å². The molecular weight excluding hydrogens is 382 g/mol. The minimum Gasteiger partial charge on any atom is -0.355 e. The summed E-state index contributed by atoms with van der Waals surface area (Å²) in [5.41, 5.74) is 3.74. The Morgan fingerprint density at radius 3 is 1.81 bits per heavy atom. The lowest BCUT2D eigenvalue weighted by atomic mass is 9.96. The highest BCUT2D eigenvalue weighted by Gasteiger charge is 2.26. The molecule has 1 aliphatic heterocycles. The Kier molecular flexibility index (Phi) is 7.48. The number of piperazine rings is 1. The number of benzene rings is 3. The fourth-order valence-electron chi connectivity index (χ4n) is 4.33. The molecule has 1 amide bonds. The van der Waals surface area contributed by atoms with Gasteiger partial charge < -0.3 is 5.32 Å². The van der Waals surface area contributed by atoms with E-state index in [0.717, 1.165) is 38.3 Å². The second kappa shape index (κ2) is 10.9. The molecule has 0 saturated carbocycles. The smallest absolute Gasteiger partial charge is 0.224 e. The summed E-state index contributed by atoms with van der Waals surface area (Å²) in [6, 6.07) is 31.8. The minimum absolute atomic E-state index is 0.0954. The van der Waals surface area contributed by atoms with Crippen LogP contribution in [0.3, 0.4) is 0 Å². The standard InChI is InChI=1S/C27H31N3O/c31-26(22-23-10-4-1-5-11-23)28-16-17-29-18-20-30(21-19-29)27(24-12-6-2-7-13-24)25-14-8-3-9-15-25/h1-15,27H,16-22H2,(H,28,31). The van der Waals surface area contributed by atoms with E-state index >= 15 is 0 Å². The molecule has 0 aromatic heterocycles. The lowest BCUT2D eigenvalue weighted by molar-refractivity contribution is -0.120. The van der Waals surface area contributed by atoms with Crippen LogP contribution in [0, 0.1) is 0 Å². The molecule has 3 aromatic carbocycles. The molecule has 160 valence electrons. The maximum absolute atomic E-state index is 12.2. The first-order valence-corrected chi connectivity index (χ1v) is 11.2. The molecule has 4 nitrogen and oxygen atoms in total. The molecule has 1 N–H and O–H groups in total. The van der Waals surface area contributed by atoms with Gasteiger partial charge in [-0.05, 0) is 16.7 Å². The van der Waals surface area contributed by atoms with Gasteiger partial charge in [0.2, 0.25) is 5.91 Å². The van der Waals surface area contributed by atoms with Crippen LogP contribution in [-0.2, 0) is 11.2 Å². The summed E-state index contributed by atoms with van der Waals surface area (Å²) < 4.78 is 0. The Morgan fingerprint density at radius 1 is 0.742 bits per heavy atom. The van der Waals surface area contributed by atoms with Crippen molar-refractivity contribution in [3.63, 3.8) is 0 Å². The highest BCUT2D eigenvalue weighted by Crippen LogP contribution is 2.29. The van der Waals surface area contributed by atoms with Crippen molar-refractivity contribution in [1.29, 1.82) is 0 Å². The van der Waals surface area contributed by atoms with Gasteiger partial charge in [0.05, 0.1) is 12.5 Å². The van der Waals surface area contributed by atoms with Gasteiger partial charge in [-0.2, -0.15) is 0 Å². The van der Waals surface area contributed by atoms with Crippen molar-refractivity contribution < 1.29 is 4.79 Å². The third-order valence-corrected chi connectivity index (χ3v) is 5.96. The highest BCUT2D eigenvalue weighted by atomic mass is 16.1. The normalized spacial score (nSPS) is 15.1. The number of carbonyl (C=O) groups excluding carboxylic acids is 1. The summed E-state index contributed by atoms with van der Waals surface area (Å²) >= 11 is 0. The third kappa shape index (κ3) is 6.03. The van der Waals surface area contributed by atoms with Crippen LogP contribution in [0.15, 0.2) is 91.0 Å². The number of nitrogens with zero attached hydrogens (tertiary/aromatic N) is 2.